The molecule has 1 fully saturated rings. The summed E-state index contributed by atoms with van der Waals surface area (Å²) in [5.41, 5.74) is 2.47. The van der Waals surface area contributed by atoms with E-state index in [4.69, 9.17) is 4.74 Å². The number of benzene rings is 3. The van der Waals surface area contributed by atoms with E-state index in [0.717, 1.165) is 12.1 Å². The van der Waals surface area contributed by atoms with Crippen molar-refractivity contribution in [3.63, 3.8) is 0 Å². The molecular weight excluding hydrogens is 499 g/mol. The monoisotopic (exact) mass is 532 g/mol. The first-order chi connectivity index (χ1) is 18.9. The second kappa shape index (κ2) is 12.9. The van der Waals surface area contributed by atoms with Gasteiger partial charge in [-0.25, -0.2) is 4.39 Å². The van der Waals surface area contributed by atoms with Gasteiger partial charge in [0.05, 0.1) is 7.11 Å². The number of anilines is 2. The van der Waals surface area contributed by atoms with Crippen LogP contribution < -0.4 is 15.0 Å². The Bertz CT molecular complexity index is 1290. The number of hydrogen-bond donors (Lipinski definition) is 1. The number of piperazine rings is 1. The molecule has 3 aromatic rings. The Kier molecular flexibility index (Phi) is 9.14. The first-order valence-electron chi connectivity index (χ1n) is 13.0. The number of carbonyl (C=O) groups excluding carboxylic acids is 3. The average molecular weight is 533 g/mol. The lowest BCUT2D eigenvalue weighted by atomic mass is 10.1. The molecule has 39 heavy (non-hydrogen) atoms. The number of nitrogens with one attached hydrogen (secondary N) is 1. The number of halogens is 1. The van der Waals surface area contributed by atoms with Crippen LogP contribution in [0.1, 0.15) is 34.1 Å². The fourth-order valence-electron chi connectivity index (χ4n) is 4.54. The number of nitrogens with zero attached hydrogens (tertiary/aromatic N) is 3. The lowest BCUT2D eigenvalue weighted by molar-refractivity contribution is -0.116. The van der Waals surface area contributed by atoms with Crippen LogP contribution >= 0.6 is 0 Å². The maximum atomic E-state index is 13.5. The van der Waals surface area contributed by atoms with Gasteiger partial charge in [-0.15, -0.1) is 0 Å². The van der Waals surface area contributed by atoms with Crippen molar-refractivity contribution in [1.82, 2.24) is 9.80 Å². The summed E-state index contributed by atoms with van der Waals surface area (Å²) in [7, 11) is 1.57. The molecule has 0 aromatic heterocycles. The van der Waals surface area contributed by atoms with Crippen LogP contribution in [-0.2, 0) is 4.79 Å². The van der Waals surface area contributed by atoms with E-state index in [1.54, 1.807) is 48.4 Å². The summed E-state index contributed by atoms with van der Waals surface area (Å²) >= 11 is 0. The number of amides is 3. The van der Waals surface area contributed by atoms with Crippen molar-refractivity contribution in [2.24, 2.45) is 0 Å². The van der Waals surface area contributed by atoms with Gasteiger partial charge in [0.25, 0.3) is 11.8 Å². The van der Waals surface area contributed by atoms with E-state index in [0.29, 0.717) is 55.3 Å². The van der Waals surface area contributed by atoms with Gasteiger partial charge in [-0.3, -0.25) is 14.4 Å². The summed E-state index contributed by atoms with van der Waals surface area (Å²) in [6.07, 6.45) is 0.727. The molecule has 0 spiro atoms. The molecule has 0 atom stereocenters. The Morgan fingerprint density at radius 1 is 0.923 bits per heavy atom. The van der Waals surface area contributed by atoms with Crippen LogP contribution in [0.15, 0.2) is 72.8 Å². The third-order valence-corrected chi connectivity index (χ3v) is 6.61. The van der Waals surface area contributed by atoms with Gasteiger partial charge in [-0.1, -0.05) is 13.0 Å². The summed E-state index contributed by atoms with van der Waals surface area (Å²) in [5, 5.41) is 2.88. The second-order valence-corrected chi connectivity index (χ2v) is 9.34. The van der Waals surface area contributed by atoms with Gasteiger partial charge in [0, 0.05) is 55.2 Å². The maximum Gasteiger partial charge on any atom is 0.254 e. The largest absolute Gasteiger partial charge is 0.497 e. The van der Waals surface area contributed by atoms with E-state index in [1.807, 2.05) is 31.2 Å². The Morgan fingerprint density at radius 2 is 1.62 bits per heavy atom. The molecule has 204 valence electrons. The van der Waals surface area contributed by atoms with Crippen LogP contribution in [0.5, 0.6) is 5.75 Å². The molecule has 8 nitrogen and oxygen atoms in total. The highest BCUT2D eigenvalue weighted by Gasteiger charge is 2.23. The fourth-order valence-corrected chi connectivity index (χ4v) is 4.54. The van der Waals surface area contributed by atoms with E-state index in [1.165, 1.54) is 17.0 Å². The molecule has 9 heteroatoms. The topological polar surface area (TPSA) is 82.2 Å². The Morgan fingerprint density at radius 3 is 2.23 bits per heavy atom. The van der Waals surface area contributed by atoms with Crippen LogP contribution in [0, 0.1) is 5.82 Å². The lowest BCUT2D eigenvalue weighted by Gasteiger charge is -2.36. The van der Waals surface area contributed by atoms with Crippen LogP contribution in [0.2, 0.25) is 0 Å². The highest BCUT2D eigenvalue weighted by Crippen LogP contribution is 2.21. The summed E-state index contributed by atoms with van der Waals surface area (Å²) < 4.78 is 18.6. The van der Waals surface area contributed by atoms with Crippen molar-refractivity contribution in [1.29, 1.82) is 0 Å². The standard InChI is InChI=1S/C30H33FN4O4/c1-3-15-35(29(37)22-7-13-27(39-2)14-8-22)21-28(36)32-25-9-11-26(12-10-25)33-16-18-34(19-17-33)30(38)23-5-4-6-24(31)20-23/h4-14,20H,3,15-19,21H2,1-2H3,(H,32,36). The number of hydrogen-bond acceptors (Lipinski definition) is 5. The highest BCUT2D eigenvalue weighted by atomic mass is 19.1. The molecule has 0 unspecified atom stereocenters. The van der Waals surface area contributed by atoms with E-state index >= 15 is 0 Å². The summed E-state index contributed by atoms with van der Waals surface area (Å²) in [6.45, 7) is 4.72. The molecule has 0 radical (unpaired) electrons. The van der Waals surface area contributed by atoms with Gasteiger partial charge in [0.15, 0.2) is 0 Å². The predicted octanol–water partition coefficient (Wildman–Crippen LogP) is 4.29. The van der Waals surface area contributed by atoms with Gasteiger partial charge < -0.3 is 24.8 Å². The minimum absolute atomic E-state index is 0.0538. The summed E-state index contributed by atoms with van der Waals surface area (Å²) in [5.74, 6) is -0.417. The number of rotatable bonds is 9. The van der Waals surface area contributed by atoms with Gasteiger partial charge in [-0.2, -0.15) is 0 Å². The predicted molar refractivity (Wildman–Crippen MR) is 149 cm³/mol. The van der Waals surface area contributed by atoms with Gasteiger partial charge in [0.2, 0.25) is 5.91 Å². The van der Waals surface area contributed by atoms with Crippen molar-refractivity contribution < 1.29 is 23.5 Å². The van der Waals surface area contributed by atoms with E-state index in [9.17, 15) is 18.8 Å². The lowest BCUT2D eigenvalue weighted by Crippen LogP contribution is -2.48. The van der Waals surface area contributed by atoms with Gasteiger partial charge in [0.1, 0.15) is 18.1 Å². The zero-order valence-electron chi connectivity index (χ0n) is 22.2. The summed E-state index contributed by atoms with van der Waals surface area (Å²) in [6, 6.07) is 20.1. The van der Waals surface area contributed by atoms with E-state index in [-0.39, 0.29) is 24.3 Å². The smallest absolute Gasteiger partial charge is 0.254 e. The molecule has 1 aliphatic heterocycles. The van der Waals surface area contributed by atoms with Crippen molar-refractivity contribution in [2.45, 2.75) is 13.3 Å². The maximum absolute atomic E-state index is 13.5. The molecule has 1 N–H and O–H groups in total. The van der Waals surface area contributed by atoms with Crippen LogP contribution in [0.4, 0.5) is 15.8 Å². The van der Waals surface area contributed by atoms with Crippen molar-refractivity contribution in [3.05, 3.63) is 89.7 Å². The molecular formula is C30H33FN4O4. The zero-order valence-corrected chi connectivity index (χ0v) is 22.2. The molecule has 0 bridgehead atoms. The molecule has 3 amide bonds. The Hall–Kier alpha value is -4.40. The normalized spacial score (nSPS) is 13.1. The quantitative estimate of drug-likeness (QED) is 0.445. The molecule has 1 heterocycles. The zero-order chi connectivity index (χ0) is 27.8. The van der Waals surface area contributed by atoms with Crippen molar-refractivity contribution in [2.75, 3.05) is 56.6 Å². The third kappa shape index (κ3) is 7.13. The van der Waals surface area contributed by atoms with Gasteiger partial charge >= 0.3 is 0 Å². The van der Waals surface area contributed by atoms with E-state index in [2.05, 4.69) is 10.2 Å². The fraction of sp³-hybridized carbons (Fsp3) is 0.300. The van der Waals surface area contributed by atoms with Crippen LogP contribution in [0.3, 0.4) is 0 Å². The molecule has 1 saturated heterocycles. The number of methoxy groups -OCH3 is 1. The Labute approximate surface area is 228 Å². The highest BCUT2D eigenvalue weighted by molar-refractivity contribution is 5.99. The third-order valence-electron chi connectivity index (χ3n) is 6.61. The van der Waals surface area contributed by atoms with Crippen LogP contribution in [0.25, 0.3) is 0 Å². The number of ether oxygens (including phenoxy) is 1. The molecule has 0 aliphatic carbocycles. The first kappa shape index (κ1) is 27.6. The van der Waals surface area contributed by atoms with E-state index < -0.39 is 5.82 Å². The molecule has 4 rings (SSSR count). The molecule has 1 aliphatic rings. The average Bonchev–Trinajstić information content (AvgIpc) is 2.97. The summed E-state index contributed by atoms with van der Waals surface area (Å²) in [4.78, 5) is 43.8. The molecule has 3 aromatic carbocycles. The van der Waals surface area contributed by atoms with Gasteiger partial charge in [-0.05, 0) is 73.2 Å². The minimum Gasteiger partial charge on any atom is -0.497 e. The first-order valence-corrected chi connectivity index (χ1v) is 13.0. The second-order valence-electron chi connectivity index (χ2n) is 9.34. The minimum atomic E-state index is -0.423. The SMILES string of the molecule is CCCN(CC(=O)Nc1ccc(N2CCN(C(=O)c3cccc(F)c3)CC2)cc1)C(=O)c1ccc(OC)cc1. The molecule has 0 saturated carbocycles. The number of carbonyl (C=O) groups is 3. The Balaban J connectivity index is 1.30. The van der Waals surface area contributed by atoms with Crippen molar-refractivity contribution in [3.8, 4) is 5.75 Å². The van der Waals surface area contributed by atoms with Crippen LogP contribution in [-0.4, -0.2) is 73.9 Å². The van der Waals surface area contributed by atoms with Crippen molar-refractivity contribution >= 4 is 29.1 Å².